The molecular formula is C15H8ClF4N3O3S. The number of halogens is 5. The van der Waals surface area contributed by atoms with Gasteiger partial charge in [-0.1, -0.05) is 17.7 Å². The van der Waals surface area contributed by atoms with Gasteiger partial charge >= 0.3 is 12.2 Å². The number of thiophene rings is 1. The number of alkyl halides is 3. The molecule has 4 amide bonds. The number of benzene rings is 1. The van der Waals surface area contributed by atoms with Crippen LogP contribution in [0.15, 0.2) is 35.7 Å². The van der Waals surface area contributed by atoms with Crippen molar-refractivity contribution in [1.29, 1.82) is 0 Å². The molecule has 1 saturated heterocycles. The first-order valence-electron chi connectivity index (χ1n) is 7.11. The molecule has 0 unspecified atom stereocenters. The fourth-order valence-electron chi connectivity index (χ4n) is 2.38. The molecular weight excluding hydrogens is 414 g/mol. The molecule has 12 heteroatoms. The van der Waals surface area contributed by atoms with Gasteiger partial charge in [-0.3, -0.25) is 14.9 Å². The maximum Gasteiger partial charge on any atom is 0.440 e. The lowest BCUT2D eigenvalue weighted by Crippen LogP contribution is -2.69. The molecule has 1 aromatic carbocycles. The number of hydrogen-bond donors (Lipinski definition) is 2. The molecule has 1 atom stereocenters. The van der Waals surface area contributed by atoms with Crippen molar-refractivity contribution in [1.82, 2.24) is 10.6 Å². The highest BCUT2D eigenvalue weighted by Gasteiger charge is 2.69. The minimum atomic E-state index is -5.36. The van der Waals surface area contributed by atoms with Gasteiger partial charge in [0, 0.05) is 0 Å². The van der Waals surface area contributed by atoms with Crippen LogP contribution < -0.4 is 15.5 Å². The van der Waals surface area contributed by atoms with Crippen molar-refractivity contribution in [3.05, 3.63) is 51.4 Å². The predicted molar refractivity (Wildman–Crippen MR) is 88.0 cm³/mol. The average Bonchev–Trinajstić information content (AvgIpc) is 3.18. The Morgan fingerprint density at radius 2 is 1.96 bits per heavy atom. The molecule has 0 radical (unpaired) electrons. The number of carbonyl (C=O) groups excluding carboxylic acids is 3. The SMILES string of the molecule is O=C(N[C@]1(C(F)(F)F)NC(=O)N(c2ccc(F)c(Cl)c2)C1=O)c1cccs1. The van der Waals surface area contributed by atoms with Crippen molar-refractivity contribution in [3.8, 4) is 0 Å². The summed E-state index contributed by atoms with van der Waals surface area (Å²) in [6.07, 6.45) is -5.36. The minimum Gasteiger partial charge on any atom is -0.313 e. The van der Waals surface area contributed by atoms with Gasteiger partial charge in [0.1, 0.15) is 5.82 Å². The lowest BCUT2D eigenvalue weighted by Gasteiger charge is -2.29. The number of carbonyl (C=O) groups is 3. The Morgan fingerprint density at radius 3 is 2.52 bits per heavy atom. The maximum absolute atomic E-state index is 13.7. The second-order valence-electron chi connectivity index (χ2n) is 5.35. The smallest absolute Gasteiger partial charge is 0.313 e. The maximum atomic E-state index is 13.7. The summed E-state index contributed by atoms with van der Waals surface area (Å²) in [7, 11) is 0. The fourth-order valence-corrected chi connectivity index (χ4v) is 3.17. The zero-order chi connectivity index (χ0) is 20.0. The lowest BCUT2D eigenvalue weighted by molar-refractivity contribution is -0.197. The van der Waals surface area contributed by atoms with E-state index in [1.54, 1.807) is 5.32 Å². The number of urea groups is 1. The summed E-state index contributed by atoms with van der Waals surface area (Å²) >= 11 is 6.42. The van der Waals surface area contributed by atoms with Crippen LogP contribution in [0.1, 0.15) is 9.67 Å². The quantitative estimate of drug-likeness (QED) is 0.589. The van der Waals surface area contributed by atoms with E-state index < -0.39 is 40.5 Å². The molecule has 0 saturated carbocycles. The van der Waals surface area contributed by atoms with Gasteiger partial charge in [0.2, 0.25) is 0 Å². The topological polar surface area (TPSA) is 78.5 Å². The zero-order valence-corrected chi connectivity index (χ0v) is 14.5. The average molecular weight is 422 g/mol. The zero-order valence-electron chi connectivity index (χ0n) is 12.9. The van der Waals surface area contributed by atoms with Crippen molar-refractivity contribution >= 4 is 46.5 Å². The lowest BCUT2D eigenvalue weighted by atomic mass is 10.1. The Kier molecular flexibility index (Phi) is 4.60. The van der Waals surface area contributed by atoms with Crippen molar-refractivity contribution in [2.45, 2.75) is 11.8 Å². The van der Waals surface area contributed by atoms with Crippen LogP contribution in [-0.4, -0.2) is 29.7 Å². The van der Waals surface area contributed by atoms with Crippen molar-refractivity contribution in [2.24, 2.45) is 0 Å². The third-order valence-corrected chi connectivity index (χ3v) is 4.81. The number of rotatable bonds is 3. The summed E-state index contributed by atoms with van der Waals surface area (Å²) in [6.45, 7) is 0. The Balaban J connectivity index is 2.02. The molecule has 1 aliphatic heterocycles. The van der Waals surface area contributed by atoms with Crippen LogP contribution in [-0.2, 0) is 4.79 Å². The standard InChI is InChI=1S/C15H8ClF4N3O3S/c16-8-6-7(3-4-9(8)17)23-12(25)14(15(18,19)20,22-13(23)26)21-11(24)10-2-1-5-27-10/h1-6H,(H,21,24)(H,22,26)/t14-/m0/s1. The second-order valence-corrected chi connectivity index (χ2v) is 6.70. The Labute approximate surface area is 157 Å². The van der Waals surface area contributed by atoms with Crippen LogP contribution in [0.5, 0.6) is 0 Å². The van der Waals surface area contributed by atoms with Gasteiger partial charge in [-0.15, -0.1) is 11.3 Å². The Bertz CT molecular complexity index is 935. The highest BCUT2D eigenvalue weighted by molar-refractivity contribution is 7.12. The Hall–Kier alpha value is -2.66. The molecule has 27 heavy (non-hydrogen) atoms. The molecule has 1 fully saturated rings. The number of imide groups is 1. The summed E-state index contributed by atoms with van der Waals surface area (Å²) in [5.41, 5.74) is -4.06. The van der Waals surface area contributed by atoms with E-state index in [-0.39, 0.29) is 15.5 Å². The monoisotopic (exact) mass is 421 g/mol. The van der Waals surface area contributed by atoms with E-state index in [4.69, 9.17) is 11.6 Å². The predicted octanol–water partition coefficient (Wildman–Crippen LogP) is 3.29. The first-order valence-corrected chi connectivity index (χ1v) is 8.37. The van der Waals surface area contributed by atoms with E-state index in [1.165, 1.54) is 22.8 Å². The summed E-state index contributed by atoms with van der Waals surface area (Å²) in [5.74, 6) is -3.89. The third kappa shape index (κ3) is 3.12. The van der Waals surface area contributed by atoms with E-state index in [2.05, 4.69) is 0 Å². The van der Waals surface area contributed by atoms with E-state index >= 15 is 0 Å². The van der Waals surface area contributed by atoms with Gasteiger partial charge < -0.3 is 5.32 Å². The van der Waals surface area contributed by atoms with Crippen molar-refractivity contribution in [3.63, 3.8) is 0 Å². The highest BCUT2D eigenvalue weighted by Crippen LogP contribution is 2.36. The summed E-state index contributed by atoms with van der Waals surface area (Å²) in [5, 5.41) is 3.99. The summed E-state index contributed by atoms with van der Waals surface area (Å²) in [4.78, 5) is 36.8. The van der Waals surface area contributed by atoms with Crippen LogP contribution in [0.2, 0.25) is 5.02 Å². The van der Waals surface area contributed by atoms with Crippen LogP contribution in [0.4, 0.5) is 28.0 Å². The second kappa shape index (κ2) is 6.50. The van der Waals surface area contributed by atoms with Gasteiger partial charge in [-0.25, -0.2) is 14.1 Å². The largest absolute Gasteiger partial charge is 0.440 e. The number of hydrogen-bond acceptors (Lipinski definition) is 4. The van der Waals surface area contributed by atoms with Gasteiger partial charge in [0.25, 0.3) is 17.5 Å². The number of amides is 4. The van der Waals surface area contributed by atoms with E-state index in [9.17, 15) is 31.9 Å². The Morgan fingerprint density at radius 1 is 1.26 bits per heavy atom. The van der Waals surface area contributed by atoms with Crippen LogP contribution >= 0.6 is 22.9 Å². The first kappa shape index (κ1) is 19.1. The molecule has 142 valence electrons. The van der Waals surface area contributed by atoms with Crippen LogP contribution in [0.25, 0.3) is 0 Å². The van der Waals surface area contributed by atoms with Crippen LogP contribution in [0, 0.1) is 5.82 Å². The van der Waals surface area contributed by atoms with E-state index in [1.807, 2.05) is 0 Å². The normalized spacial score (nSPS) is 20.0. The molecule has 2 aromatic rings. The van der Waals surface area contributed by atoms with Gasteiger partial charge in [-0.2, -0.15) is 13.2 Å². The first-order chi connectivity index (χ1) is 12.6. The van der Waals surface area contributed by atoms with E-state index in [0.717, 1.165) is 29.5 Å². The van der Waals surface area contributed by atoms with Gasteiger partial charge in [0.15, 0.2) is 0 Å². The van der Waals surface area contributed by atoms with Gasteiger partial charge in [-0.05, 0) is 29.6 Å². The van der Waals surface area contributed by atoms with Gasteiger partial charge in [0.05, 0.1) is 15.6 Å². The number of anilines is 1. The summed E-state index contributed by atoms with van der Waals surface area (Å²) in [6, 6.07) is 3.75. The summed E-state index contributed by atoms with van der Waals surface area (Å²) < 4.78 is 54.4. The molecule has 0 bridgehead atoms. The fraction of sp³-hybridized carbons (Fsp3) is 0.133. The molecule has 6 nitrogen and oxygen atoms in total. The van der Waals surface area contributed by atoms with Crippen LogP contribution in [0.3, 0.4) is 0 Å². The highest BCUT2D eigenvalue weighted by atomic mass is 35.5. The van der Waals surface area contributed by atoms with Crippen molar-refractivity contribution in [2.75, 3.05) is 4.90 Å². The molecule has 2 heterocycles. The van der Waals surface area contributed by atoms with E-state index in [0.29, 0.717) is 0 Å². The van der Waals surface area contributed by atoms with Crippen molar-refractivity contribution < 1.29 is 31.9 Å². The molecule has 3 rings (SSSR count). The third-order valence-electron chi connectivity index (χ3n) is 3.65. The number of nitrogens with one attached hydrogen (secondary N) is 2. The molecule has 2 N–H and O–H groups in total. The molecule has 1 aromatic heterocycles. The number of nitrogens with zero attached hydrogens (tertiary/aromatic N) is 1. The minimum absolute atomic E-state index is 0.0936. The molecule has 0 spiro atoms. The molecule has 0 aliphatic carbocycles. The molecule has 1 aliphatic rings.